The van der Waals surface area contributed by atoms with Gasteiger partial charge in [-0.15, -0.1) is 0 Å². The van der Waals surface area contributed by atoms with Crippen LogP contribution in [0.25, 0.3) is 0 Å². The van der Waals surface area contributed by atoms with Crippen molar-refractivity contribution in [3.8, 4) is 0 Å². The van der Waals surface area contributed by atoms with E-state index < -0.39 is 6.04 Å². The first kappa shape index (κ1) is 13.7. The number of ether oxygens (including phenoxy) is 1. The van der Waals surface area contributed by atoms with E-state index in [1.54, 1.807) is 11.9 Å². The number of hydrogen-bond donors (Lipinski definition) is 2. The van der Waals surface area contributed by atoms with Crippen molar-refractivity contribution in [1.82, 2.24) is 15.1 Å². The van der Waals surface area contributed by atoms with Crippen molar-refractivity contribution in [2.45, 2.75) is 6.04 Å². The Hall–Kier alpha value is -1.34. The zero-order valence-electron chi connectivity index (χ0n) is 10.2. The summed E-state index contributed by atoms with van der Waals surface area (Å²) in [5.41, 5.74) is 0. The number of rotatable bonds is 6. The van der Waals surface area contributed by atoms with Gasteiger partial charge in [0.2, 0.25) is 5.91 Å². The number of nitrogens with one attached hydrogen (secondary N) is 1. The summed E-state index contributed by atoms with van der Waals surface area (Å²) in [7, 11) is 3.19. The molecule has 1 fully saturated rings. The fourth-order valence-corrected chi connectivity index (χ4v) is 1.64. The Balaban J connectivity index is 2.36. The number of aliphatic hydroxyl groups excluding tert-OH is 1. The molecule has 0 aliphatic carbocycles. The minimum atomic E-state index is -0.428. The van der Waals surface area contributed by atoms with Gasteiger partial charge >= 0.3 is 6.03 Å². The number of likely N-dealkylation sites (N-methyl/N-ethyl adjacent to an activating group) is 1. The summed E-state index contributed by atoms with van der Waals surface area (Å²) in [6, 6.07) is -0.574. The van der Waals surface area contributed by atoms with Crippen molar-refractivity contribution in [3.05, 3.63) is 0 Å². The Bertz CT molecular complexity index is 285. The summed E-state index contributed by atoms with van der Waals surface area (Å²) >= 11 is 0. The monoisotopic (exact) mass is 245 g/mol. The molecular weight excluding hydrogens is 226 g/mol. The molecule has 0 spiro atoms. The van der Waals surface area contributed by atoms with Gasteiger partial charge in [0.15, 0.2) is 0 Å². The number of amides is 3. The van der Waals surface area contributed by atoms with Crippen LogP contribution in [-0.4, -0.2) is 79.9 Å². The van der Waals surface area contributed by atoms with Gasteiger partial charge < -0.3 is 25.0 Å². The maximum absolute atomic E-state index is 11.6. The van der Waals surface area contributed by atoms with Crippen molar-refractivity contribution >= 4 is 11.9 Å². The van der Waals surface area contributed by atoms with E-state index in [0.29, 0.717) is 13.1 Å². The SMILES string of the molecule is COC[C@@H](CO)NC(=O)CN1CCN(C)C1=O. The lowest BCUT2D eigenvalue weighted by Crippen LogP contribution is -2.46. The number of carbonyl (C=O) groups excluding carboxylic acids is 2. The Morgan fingerprint density at radius 1 is 1.59 bits per heavy atom. The molecule has 1 aliphatic heterocycles. The van der Waals surface area contributed by atoms with Crippen LogP contribution in [0.2, 0.25) is 0 Å². The largest absolute Gasteiger partial charge is 0.394 e. The minimum absolute atomic E-state index is 0.0172. The zero-order chi connectivity index (χ0) is 12.8. The summed E-state index contributed by atoms with van der Waals surface area (Å²) in [5.74, 6) is -0.287. The second kappa shape index (κ2) is 6.41. The molecule has 1 atom stereocenters. The van der Waals surface area contributed by atoms with E-state index in [2.05, 4.69) is 5.32 Å². The number of methoxy groups -OCH3 is 1. The van der Waals surface area contributed by atoms with E-state index in [1.165, 1.54) is 12.0 Å². The molecule has 0 unspecified atom stereocenters. The molecular formula is C10H19N3O4. The number of urea groups is 1. The molecule has 1 heterocycles. The average molecular weight is 245 g/mol. The molecule has 7 nitrogen and oxygen atoms in total. The second-order valence-corrected chi connectivity index (χ2v) is 4.03. The molecule has 0 radical (unpaired) electrons. The molecule has 98 valence electrons. The topological polar surface area (TPSA) is 82.1 Å². The first-order chi connectivity index (χ1) is 8.08. The van der Waals surface area contributed by atoms with E-state index in [4.69, 9.17) is 9.84 Å². The van der Waals surface area contributed by atoms with Crippen LogP contribution >= 0.6 is 0 Å². The van der Waals surface area contributed by atoms with Crippen LogP contribution in [0.3, 0.4) is 0 Å². The molecule has 3 amide bonds. The molecule has 1 saturated heterocycles. The fourth-order valence-electron chi connectivity index (χ4n) is 1.64. The van der Waals surface area contributed by atoms with Crippen LogP contribution in [0.1, 0.15) is 0 Å². The van der Waals surface area contributed by atoms with Crippen molar-refractivity contribution in [2.75, 3.05) is 47.0 Å². The van der Waals surface area contributed by atoms with E-state index in [-0.39, 0.29) is 31.7 Å². The summed E-state index contributed by atoms with van der Waals surface area (Å²) in [6.45, 7) is 1.26. The lowest BCUT2D eigenvalue weighted by molar-refractivity contribution is -0.123. The van der Waals surface area contributed by atoms with Gasteiger partial charge in [-0.1, -0.05) is 0 Å². The van der Waals surface area contributed by atoms with Crippen LogP contribution in [0.5, 0.6) is 0 Å². The highest BCUT2D eigenvalue weighted by Gasteiger charge is 2.27. The standard InChI is InChI=1S/C10H19N3O4/c1-12-3-4-13(10(12)16)5-9(15)11-8(6-14)7-17-2/h8,14H,3-7H2,1-2H3,(H,11,15)/t8-/m1/s1. The Kier molecular flexibility index (Phi) is 5.17. The lowest BCUT2D eigenvalue weighted by atomic mass is 10.3. The molecule has 17 heavy (non-hydrogen) atoms. The second-order valence-electron chi connectivity index (χ2n) is 4.03. The predicted octanol–water partition coefficient (Wildman–Crippen LogP) is -1.52. The zero-order valence-corrected chi connectivity index (χ0v) is 10.2. The number of nitrogens with zero attached hydrogens (tertiary/aromatic N) is 2. The third kappa shape index (κ3) is 3.86. The van der Waals surface area contributed by atoms with Crippen molar-refractivity contribution in [1.29, 1.82) is 0 Å². The number of aliphatic hydroxyl groups is 1. The third-order valence-electron chi connectivity index (χ3n) is 2.59. The van der Waals surface area contributed by atoms with Gasteiger partial charge in [-0.05, 0) is 0 Å². The minimum Gasteiger partial charge on any atom is -0.394 e. The smallest absolute Gasteiger partial charge is 0.320 e. The first-order valence-corrected chi connectivity index (χ1v) is 5.47. The molecule has 0 saturated carbocycles. The number of hydrogen-bond acceptors (Lipinski definition) is 4. The van der Waals surface area contributed by atoms with E-state index in [0.717, 1.165) is 0 Å². The van der Waals surface area contributed by atoms with Crippen LogP contribution < -0.4 is 5.32 Å². The van der Waals surface area contributed by atoms with Crippen molar-refractivity contribution < 1.29 is 19.4 Å². The van der Waals surface area contributed by atoms with Crippen molar-refractivity contribution in [2.24, 2.45) is 0 Å². The fraction of sp³-hybridized carbons (Fsp3) is 0.800. The maximum Gasteiger partial charge on any atom is 0.320 e. The highest BCUT2D eigenvalue weighted by atomic mass is 16.5. The molecule has 0 bridgehead atoms. The van der Waals surface area contributed by atoms with E-state index in [9.17, 15) is 9.59 Å². The summed E-state index contributed by atoms with van der Waals surface area (Å²) in [5, 5.41) is 11.6. The first-order valence-electron chi connectivity index (χ1n) is 5.47. The quantitative estimate of drug-likeness (QED) is 0.595. The molecule has 1 rings (SSSR count). The Morgan fingerprint density at radius 3 is 2.76 bits per heavy atom. The van der Waals surface area contributed by atoms with Crippen LogP contribution in [0.15, 0.2) is 0 Å². The highest BCUT2D eigenvalue weighted by Crippen LogP contribution is 2.04. The molecule has 0 aromatic heterocycles. The van der Waals surface area contributed by atoms with Gasteiger partial charge in [-0.2, -0.15) is 0 Å². The predicted molar refractivity (Wildman–Crippen MR) is 60.5 cm³/mol. The summed E-state index contributed by atoms with van der Waals surface area (Å²) in [6.07, 6.45) is 0. The van der Waals surface area contributed by atoms with Gasteiger partial charge in [0.1, 0.15) is 6.54 Å². The third-order valence-corrected chi connectivity index (χ3v) is 2.59. The van der Waals surface area contributed by atoms with E-state index in [1.807, 2.05) is 0 Å². The Morgan fingerprint density at radius 2 is 2.29 bits per heavy atom. The molecule has 0 aromatic carbocycles. The summed E-state index contributed by atoms with van der Waals surface area (Å²) < 4.78 is 4.84. The highest BCUT2D eigenvalue weighted by molar-refractivity contribution is 5.85. The van der Waals surface area contributed by atoms with Gasteiger partial charge in [-0.3, -0.25) is 4.79 Å². The normalized spacial score (nSPS) is 17.5. The van der Waals surface area contributed by atoms with E-state index >= 15 is 0 Å². The maximum atomic E-state index is 11.6. The van der Waals surface area contributed by atoms with Crippen LogP contribution in [0.4, 0.5) is 4.79 Å². The number of carbonyl (C=O) groups is 2. The average Bonchev–Trinajstić information content (AvgIpc) is 2.60. The van der Waals surface area contributed by atoms with Gasteiger partial charge in [0.05, 0.1) is 19.3 Å². The molecule has 1 aliphatic rings. The van der Waals surface area contributed by atoms with Gasteiger partial charge in [0, 0.05) is 27.2 Å². The van der Waals surface area contributed by atoms with Crippen LogP contribution in [-0.2, 0) is 9.53 Å². The van der Waals surface area contributed by atoms with Gasteiger partial charge in [-0.25, -0.2) is 4.79 Å². The van der Waals surface area contributed by atoms with Crippen molar-refractivity contribution in [3.63, 3.8) is 0 Å². The molecule has 0 aromatic rings. The lowest BCUT2D eigenvalue weighted by Gasteiger charge is -2.19. The van der Waals surface area contributed by atoms with Gasteiger partial charge in [0.25, 0.3) is 0 Å². The molecule has 7 heteroatoms. The van der Waals surface area contributed by atoms with Crippen LogP contribution in [0, 0.1) is 0 Å². The molecule has 2 N–H and O–H groups in total. The Labute approximate surface area is 100 Å². The summed E-state index contributed by atoms with van der Waals surface area (Å²) in [4.78, 5) is 26.2.